The zero-order valence-corrected chi connectivity index (χ0v) is 16.0. The van der Waals surface area contributed by atoms with Gasteiger partial charge in [-0.1, -0.05) is 0 Å². The van der Waals surface area contributed by atoms with Crippen molar-refractivity contribution < 1.29 is 23.4 Å². The average Bonchev–Trinajstić information content (AvgIpc) is 2.71. The number of fused-ring (bicyclic) bond motifs is 1. The smallest absolute Gasteiger partial charge is 0.449 e. The molecule has 1 aliphatic heterocycles. The molecule has 10 heteroatoms. The van der Waals surface area contributed by atoms with Crippen LogP contribution < -0.4 is 15.1 Å². The highest BCUT2D eigenvalue weighted by Crippen LogP contribution is 2.28. The Balaban J connectivity index is 1.94. The molecule has 156 valence electrons. The molecule has 3 heterocycles. The van der Waals surface area contributed by atoms with Crippen molar-refractivity contribution in [2.45, 2.75) is 0 Å². The van der Waals surface area contributed by atoms with Crippen LogP contribution in [0, 0.1) is 11.6 Å². The van der Waals surface area contributed by atoms with Gasteiger partial charge in [0.2, 0.25) is 5.43 Å². The number of carbonyl (C=O) groups is 1. The van der Waals surface area contributed by atoms with Crippen LogP contribution in [0.3, 0.4) is 0 Å². The Labute approximate surface area is 169 Å². The summed E-state index contributed by atoms with van der Waals surface area (Å²) in [5.41, 5.74) is -0.153. The number of rotatable bonds is 3. The number of anilines is 1. The molecule has 1 aromatic carbocycles. The number of aromatic nitrogens is 2. The van der Waals surface area contributed by atoms with Gasteiger partial charge in [-0.25, -0.2) is 18.6 Å². The number of ether oxygens (including phenoxy) is 1. The normalized spacial score (nSPS) is 14.8. The van der Waals surface area contributed by atoms with Crippen molar-refractivity contribution in [1.82, 2.24) is 14.5 Å². The van der Waals surface area contributed by atoms with Gasteiger partial charge in [0.25, 0.3) is 0 Å². The number of carboxylic acid groups (broad SMARTS) is 1. The lowest BCUT2D eigenvalue weighted by Gasteiger charge is -2.34. The fourth-order valence-electron chi connectivity index (χ4n) is 3.47. The second kappa shape index (κ2) is 7.71. The van der Waals surface area contributed by atoms with Crippen LogP contribution in [0.5, 0.6) is 5.75 Å². The van der Waals surface area contributed by atoms with Crippen LogP contribution >= 0.6 is 0 Å². The van der Waals surface area contributed by atoms with Gasteiger partial charge in [0.05, 0.1) is 29.0 Å². The van der Waals surface area contributed by atoms with Crippen LogP contribution in [0.4, 0.5) is 19.3 Å². The molecule has 1 N–H and O–H groups in total. The van der Waals surface area contributed by atoms with E-state index >= 15 is 0 Å². The van der Waals surface area contributed by atoms with Crippen LogP contribution in [0.2, 0.25) is 0 Å². The van der Waals surface area contributed by atoms with E-state index in [9.17, 15) is 18.4 Å². The molecule has 1 fully saturated rings. The van der Waals surface area contributed by atoms with Gasteiger partial charge in [0.1, 0.15) is 17.5 Å². The average molecular weight is 416 g/mol. The van der Waals surface area contributed by atoms with E-state index in [-0.39, 0.29) is 11.2 Å². The molecule has 0 amide bonds. The largest absolute Gasteiger partial charge is 0.511 e. The summed E-state index contributed by atoms with van der Waals surface area (Å²) in [6.07, 6.45) is 0.465. The second-order valence-electron chi connectivity index (χ2n) is 7.01. The van der Waals surface area contributed by atoms with E-state index in [4.69, 9.17) is 5.11 Å². The van der Waals surface area contributed by atoms with Crippen LogP contribution in [0.15, 0.2) is 41.5 Å². The van der Waals surface area contributed by atoms with Crippen molar-refractivity contribution >= 4 is 22.7 Å². The number of hydrogen-bond donors (Lipinski definition) is 1. The Kier molecular flexibility index (Phi) is 5.08. The third-order valence-electron chi connectivity index (χ3n) is 5.04. The number of nitrogens with zero attached hydrogens (tertiary/aromatic N) is 4. The number of halogens is 2. The Morgan fingerprint density at radius 1 is 1.17 bits per heavy atom. The summed E-state index contributed by atoms with van der Waals surface area (Å²) in [5.74, 6) is -1.45. The number of hydrogen-bond acceptors (Lipinski definition) is 6. The SMILES string of the molecule is CN1CCN(c2cc3c(cc2F)c(=O)c(OC(=O)O)cn3-c2ccc(F)cn2)CC1. The van der Waals surface area contributed by atoms with Crippen molar-refractivity contribution in [2.75, 3.05) is 38.1 Å². The maximum Gasteiger partial charge on any atom is 0.511 e. The summed E-state index contributed by atoms with van der Waals surface area (Å²) in [6, 6.07) is 5.13. The van der Waals surface area contributed by atoms with E-state index in [1.54, 1.807) is 0 Å². The molecule has 1 saturated heterocycles. The molecule has 8 nitrogen and oxygen atoms in total. The first kappa shape index (κ1) is 19.8. The Morgan fingerprint density at radius 3 is 2.53 bits per heavy atom. The summed E-state index contributed by atoms with van der Waals surface area (Å²) < 4.78 is 34.2. The molecule has 3 aromatic rings. The molecule has 2 aromatic heterocycles. The highest BCUT2D eigenvalue weighted by atomic mass is 19.1. The van der Waals surface area contributed by atoms with Gasteiger partial charge in [-0.3, -0.25) is 9.36 Å². The van der Waals surface area contributed by atoms with Crippen molar-refractivity contribution in [3.63, 3.8) is 0 Å². The molecule has 0 unspecified atom stereocenters. The molecular formula is C20H18F2N4O4. The molecule has 0 saturated carbocycles. The minimum Gasteiger partial charge on any atom is -0.449 e. The molecule has 0 spiro atoms. The fourth-order valence-corrected chi connectivity index (χ4v) is 3.47. The highest BCUT2D eigenvalue weighted by molar-refractivity contribution is 5.86. The van der Waals surface area contributed by atoms with Crippen LogP contribution in [0.1, 0.15) is 0 Å². The maximum atomic E-state index is 14.9. The Morgan fingerprint density at radius 2 is 1.90 bits per heavy atom. The van der Waals surface area contributed by atoms with E-state index < -0.39 is 29.0 Å². The number of likely N-dealkylation sites (N-methyl/N-ethyl adjacent to an activating group) is 1. The number of benzene rings is 1. The van der Waals surface area contributed by atoms with Gasteiger partial charge < -0.3 is 19.6 Å². The lowest BCUT2D eigenvalue weighted by Crippen LogP contribution is -2.44. The fraction of sp³-hybridized carbons (Fsp3) is 0.250. The lowest BCUT2D eigenvalue weighted by atomic mass is 10.1. The third kappa shape index (κ3) is 3.69. The van der Waals surface area contributed by atoms with E-state index in [2.05, 4.69) is 14.6 Å². The molecule has 0 radical (unpaired) electrons. The van der Waals surface area contributed by atoms with Gasteiger partial charge in [0.15, 0.2) is 5.75 Å². The van der Waals surface area contributed by atoms with Gasteiger partial charge in [-0.2, -0.15) is 0 Å². The molecule has 4 rings (SSSR count). The Bertz CT molecular complexity index is 1170. The zero-order chi connectivity index (χ0) is 21.4. The van der Waals surface area contributed by atoms with Crippen LogP contribution in [-0.2, 0) is 0 Å². The molecule has 30 heavy (non-hydrogen) atoms. The van der Waals surface area contributed by atoms with Gasteiger partial charge in [-0.15, -0.1) is 0 Å². The molecule has 1 aliphatic rings. The minimum atomic E-state index is -1.68. The highest BCUT2D eigenvalue weighted by Gasteiger charge is 2.21. The second-order valence-corrected chi connectivity index (χ2v) is 7.01. The van der Waals surface area contributed by atoms with E-state index in [1.165, 1.54) is 22.8 Å². The van der Waals surface area contributed by atoms with Crippen LogP contribution in [-0.4, -0.2) is 58.9 Å². The van der Waals surface area contributed by atoms with E-state index in [0.717, 1.165) is 31.5 Å². The zero-order valence-electron chi connectivity index (χ0n) is 16.0. The molecule has 0 aliphatic carbocycles. The molecular weight excluding hydrogens is 398 g/mol. The predicted octanol–water partition coefficient (Wildman–Crippen LogP) is 2.47. The Hall–Kier alpha value is -3.53. The monoisotopic (exact) mass is 416 g/mol. The first-order valence-electron chi connectivity index (χ1n) is 9.18. The topological polar surface area (TPSA) is 87.9 Å². The summed E-state index contributed by atoms with van der Waals surface area (Å²) in [7, 11) is 1.98. The number of piperazine rings is 1. The minimum absolute atomic E-state index is 0.0738. The number of pyridine rings is 2. The maximum absolute atomic E-state index is 14.9. The quantitative estimate of drug-likeness (QED) is 0.657. The van der Waals surface area contributed by atoms with E-state index in [1.807, 2.05) is 11.9 Å². The van der Waals surface area contributed by atoms with E-state index in [0.29, 0.717) is 24.3 Å². The van der Waals surface area contributed by atoms with Crippen molar-refractivity contribution in [1.29, 1.82) is 0 Å². The van der Waals surface area contributed by atoms with Crippen molar-refractivity contribution in [2.24, 2.45) is 0 Å². The summed E-state index contributed by atoms with van der Waals surface area (Å²) in [5, 5.41) is 8.86. The van der Waals surface area contributed by atoms with Gasteiger partial charge >= 0.3 is 6.16 Å². The van der Waals surface area contributed by atoms with Crippen molar-refractivity contribution in [3.05, 3.63) is 58.5 Å². The predicted molar refractivity (Wildman–Crippen MR) is 106 cm³/mol. The summed E-state index contributed by atoms with van der Waals surface area (Å²) >= 11 is 0. The van der Waals surface area contributed by atoms with Crippen LogP contribution in [0.25, 0.3) is 16.7 Å². The summed E-state index contributed by atoms with van der Waals surface area (Å²) in [4.78, 5) is 31.7. The van der Waals surface area contributed by atoms with Crippen molar-refractivity contribution in [3.8, 4) is 11.6 Å². The molecule has 0 atom stereocenters. The summed E-state index contributed by atoms with van der Waals surface area (Å²) in [6.45, 7) is 2.74. The van der Waals surface area contributed by atoms with Gasteiger partial charge in [0, 0.05) is 26.2 Å². The standard InChI is InChI=1S/C20H18F2N4O4/c1-24-4-6-25(7-5-24)16-9-15-13(8-14(16)22)19(27)17(30-20(28)29)11-26(15)18-3-2-12(21)10-23-18/h2-3,8-11H,4-7H2,1H3,(H,28,29). The first-order chi connectivity index (χ1) is 14.3. The van der Waals surface area contributed by atoms with Gasteiger partial charge in [-0.05, 0) is 31.3 Å². The molecule has 0 bridgehead atoms. The third-order valence-corrected chi connectivity index (χ3v) is 5.04. The first-order valence-corrected chi connectivity index (χ1v) is 9.18. The lowest BCUT2D eigenvalue weighted by molar-refractivity contribution is 0.144.